The lowest BCUT2D eigenvalue weighted by atomic mass is 9.93. The highest BCUT2D eigenvalue weighted by Gasteiger charge is 2.25. The molecule has 10 heteroatoms. The van der Waals surface area contributed by atoms with Gasteiger partial charge in [-0.1, -0.05) is 0 Å². The summed E-state index contributed by atoms with van der Waals surface area (Å²) >= 11 is 0. The largest absolute Gasteiger partial charge is 0.488 e. The van der Waals surface area contributed by atoms with Crippen LogP contribution in [-0.4, -0.2) is 89.6 Å². The third-order valence-corrected chi connectivity index (χ3v) is 7.42. The number of rotatable bonds is 7. The Morgan fingerprint density at radius 1 is 0.838 bits per heavy atom. The number of hydrogen-bond acceptors (Lipinski definition) is 10. The second-order valence-electron chi connectivity index (χ2n) is 10.0. The van der Waals surface area contributed by atoms with Crippen molar-refractivity contribution in [1.29, 1.82) is 0 Å². The molecule has 0 unspecified atom stereocenters. The first-order valence-electron chi connectivity index (χ1n) is 13.4. The van der Waals surface area contributed by atoms with Crippen LogP contribution >= 0.6 is 0 Å². The van der Waals surface area contributed by atoms with E-state index in [4.69, 9.17) is 14.2 Å². The van der Waals surface area contributed by atoms with Crippen LogP contribution in [0.3, 0.4) is 0 Å². The molecule has 1 saturated carbocycles. The van der Waals surface area contributed by atoms with Crippen molar-refractivity contribution in [3.8, 4) is 5.75 Å². The molecule has 0 atom stereocenters. The normalized spacial score (nSPS) is 23.2. The molecule has 0 radical (unpaired) electrons. The first kappa shape index (κ1) is 24.3. The monoisotopic (exact) mass is 505 g/mol. The van der Waals surface area contributed by atoms with E-state index in [1.165, 1.54) is 0 Å². The Kier molecular flexibility index (Phi) is 7.57. The molecule has 6 rings (SSSR count). The zero-order chi connectivity index (χ0) is 24.9. The van der Waals surface area contributed by atoms with Crippen LogP contribution in [0.2, 0.25) is 0 Å². The van der Waals surface area contributed by atoms with Gasteiger partial charge in [0.15, 0.2) is 0 Å². The molecule has 10 nitrogen and oxygen atoms in total. The lowest BCUT2D eigenvalue weighted by Crippen LogP contribution is -2.36. The Bertz CT molecular complexity index is 1160. The Labute approximate surface area is 217 Å². The molecule has 3 aliphatic rings. The highest BCUT2D eigenvalue weighted by molar-refractivity contribution is 5.85. The van der Waals surface area contributed by atoms with Crippen LogP contribution in [0.1, 0.15) is 31.2 Å². The topological polar surface area (TPSA) is 97.8 Å². The van der Waals surface area contributed by atoms with Crippen molar-refractivity contribution in [2.24, 2.45) is 0 Å². The van der Waals surface area contributed by atoms with Gasteiger partial charge in [-0.15, -0.1) is 0 Å². The van der Waals surface area contributed by atoms with Crippen LogP contribution in [-0.2, 0) is 16.0 Å². The zero-order valence-electron chi connectivity index (χ0n) is 21.2. The van der Waals surface area contributed by atoms with Crippen molar-refractivity contribution in [2.45, 2.75) is 44.4 Å². The Morgan fingerprint density at radius 3 is 2.30 bits per heavy atom. The molecule has 1 N–H and O–H groups in total. The van der Waals surface area contributed by atoms with Crippen molar-refractivity contribution in [2.75, 3.05) is 62.8 Å². The molecule has 3 aromatic rings. The number of morpholine rings is 2. The number of aromatic nitrogens is 4. The van der Waals surface area contributed by atoms with Crippen molar-refractivity contribution >= 4 is 22.7 Å². The summed E-state index contributed by atoms with van der Waals surface area (Å²) in [5.74, 6) is 1.53. The van der Waals surface area contributed by atoms with Crippen molar-refractivity contribution < 1.29 is 14.2 Å². The summed E-state index contributed by atoms with van der Waals surface area (Å²) in [4.78, 5) is 23.0. The first-order chi connectivity index (χ1) is 18.3. The van der Waals surface area contributed by atoms with Gasteiger partial charge in [0.2, 0.25) is 5.95 Å². The van der Waals surface area contributed by atoms with Crippen LogP contribution < -0.4 is 15.0 Å². The predicted octanol–water partition coefficient (Wildman–Crippen LogP) is 2.89. The van der Waals surface area contributed by atoms with Gasteiger partial charge in [0, 0.05) is 80.9 Å². The summed E-state index contributed by atoms with van der Waals surface area (Å²) in [7, 11) is 0. The van der Waals surface area contributed by atoms with Crippen LogP contribution in [0.25, 0.3) is 11.0 Å². The average molecular weight is 506 g/mol. The fraction of sp³-hybridized carbons (Fsp3) is 0.556. The number of ether oxygens (including phenoxy) is 3. The quantitative estimate of drug-likeness (QED) is 0.516. The second-order valence-corrected chi connectivity index (χ2v) is 10.0. The molecule has 1 aromatic carbocycles. The summed E-state index contributed by atoms with van der Waals surface area (Å²) in [5, 5.41) is 3.53. The maximum atomic E-state index is 6.55. The van der Waals surface area contributed by atoms with E-state index in [1.807, 2.05) is 12.4 Å². The molecule has 1 aliphatic carbocycles. The van der Waals surface area contributed by atoms with E-state index in [2.05, 4.69) is 47.2 Å². The van der Waals surface area contributed by atoms with Gasteiger partial charge < -0.3 is 24.4 Å². The van der Waals surface area contributed by atoms with E-state index in [1.54, 1.807) is 12.4 Å². The fourth-order valence-electron chi connectivity index (χ4n) is 5.34. The van der Waals surface area contributed by atoms with E-state index in [9.17, 15) is 0 Å². The summed E-state index contributed by atoms with van der Waals surface area (Å²) < 4.78 is 17.5. The van der Waals surface area contributed by atoms with Gasteiger partial charge in [0.25, 0.3) is 0 Å². The van der Waals surface area contributed by atoms with Crippen molar-refractivity contribution in [3.63, 3.8) is 0 Å². The van der Waals surface area contributed by atoms with Gasteiger partial charge in [-0.05, 0) is 31.7 Å². The molecule has 37 heavy (non-hydrogen) atoms. The summed E-state index contributed by atoms with van der Waals surface area (Å²) in [6.07, 6.45) is 11.5. The molecule has 0 spiro atoms. The van der Waals surface area contributed by atoms with Crippen molar-refractivity contribution in [1.82, 2.24) is 24.8 Å². The van der Waals surface area contributed by atoms with E-state index in [0.29, 0.717) is 12.0 Å². The molecule has 0 amide bonds. The van der Waals surface area contributed by atoms with Gasteiger partial charge in [0.1, 0.15) is 11.3 Å². The molecule has 0 bridgehead atoms. The molecule has 3 fully saturated rings. The number of hydrogen-bond donors (Lipinski definition) is 1. The summed E-state index contributed by atoms with van der Waals surface area (Å²) in [6.45, 7) is 7.63. The standard InChI is InChI=1S/C27H35N7O3/c1-3-23(4-2-21(1)32-27-30-17-20(18-31-27)19-33-7-11-35-12-8-33)37-25-16-22(34-9-13-36-14-10-34)15-24-26(25)29-6-5-28-24/h5-6,15-18,21,23H,1-4,7-14,19H2,(H,30,31,32). The lowest BCUT2D eigenvalue weighted by Gasteiger charge is -2.31. The Morgan fingerprint density at radius 2 is 1.54 bits per heavy atom. The Hall–Kier alpha value is -3.08. The van der Waals surface area contributed by atoms with E-state index < -0.39 is 0 Å². The number of fused-ring (bicyclic) bond motifs is 1. The van der Waals surface area contributed by atoms with Crippen LogP contribution in [0.4, 0.5) is 11.6 Å². The first-order valence-corrected chi connectivity index (χ1v) is 13.4. The van der Waals surface area contributed by atoms with Gasteiger partial charge in [-0.2, -0.15) is 0 Å². The molecular weight excluding hydrogens is 470 g/mol. The molecule has 2 aliphatic heterocycles. The van der Waals surface area contributed by atoms with E-state index >= 15 is 0 Å². The minimum atomic E-state index is 0.153. The molecule has 196 valence electrons. The van der Waals surface area contributed by atoms with Crippen LogP contribution in [0.15, 0.2) is 36.9 Å². The number of benzene rings is 1. The molecule has 2 aromatic heterocycles. The van der Waals surface area contributed by atoms with Crippen LogP contribution in [0.5, 0.6) is 5.75 Å². The zero-order valence-corrected chi connectivity index (χ0v) is 21.2. The number of anilines is 2. The minimum Gasteiger partial charge on any atom is -0.488 e. The summed E-state index contributed by atoms with van der Waals surface area (Å²) in [6, 6.07) is 4.58. The number of nitrogens with zero attached hydrogens (tertiary/aromatic N) is 6. The van der Waals surface area contributed by atoms with Gasteiger partial charge in [-0.3, -0.25) is 9.88 Å². The lowest BCUT2D eigenvalue weighted by molar-refractivity contribution is 0.0341. The predicted molar refractivity (Wildman–Crippen MR) is 141 cm³/mol. The molecular formula is C27H35N7O3. The van der Waals surface area contributed by atoms with Gasteiger partial charge in [-0.25, -0.2) is 15.0 Å². The van der Waals surface area contributed by atoms with E-state index in [-0.39, 0.29) is 6.10 Å². The number of nitrogens with one attached hydrogen (secondary N) is 1. The van der Waals surface area contributed by atoms with Gasteiger partial charge in [0.05, 0.1) is 38.0 Å². The highest BCUT2D eigenvalue weighted by Crippen LogP contribution is 2.33. The molecule has 2 saturated heterocycles. The fourth-order valence-corrected chi connectivity index (χ4v) is 5.34. The summed E-state index contributed by atoms with van der Waals surface area (Å²) in [5.41, 5.74) is 3.95. The highest BCUT2D eigenvalue weighted by atomic mass is 16.5. The maximum Gasteiger partial charge on any atom is 0.222 e. The third-order valence-electron chi connectivity index (χ3n) is 7.42. The average Bonchev–Trinajstić information content (AvgIpc) is 2.96. The Balaban J connectivity index is 1.05. The SMILES string of the molecule is c1cnc2c(OC3CCC(Nc4ncc(CN5CCOCC5)cn4)CC3)cc(N3CCOCC3)cc2n1. The third kappa shape index (κ3) is 6.08. The van der Waals surface area contributed by atoms with E-state index in [0.717, 1.165) is 113 Å². The van der Waals surface area contributed by atoms with Crippen molar-refractivity contribution in [3.05, 3.63) is 42.5 Å². The maximum absolute atomic E-state index is 6.55. The smallest absolute Gasteiger partial charge is 0.222 e. The van der Waals surface area contributed by atoms with Gasteiger partial charge >= 0.3 is 0 Å². The second kappa shape index (κ2) is 11.5. The van der Waals surface area contributed by atoms with Crippen LogP contribution in [0, 0.1) is 0 Å². The minimum absolute atomic E-state index is 0.153. The molecule has 4 heterocycles.